The summed E-state index contributed by atoms with van der Waals surface area (Å²) < 4.78 is 50.2. The van der Waals surface area contributed by atoms with Crippen LogP contribution in [0, 0.1) is 13.8 Å². The van der Waals surface area contributed by atoms with Crippen molar-refractivity contribution in [3.05, 3.63) is 59.7 Å². The molecule has 0 saturated heterocycles. The van der Waals surface area contributed by atoms with Crippen LogP contribution in [0.1, 0.15) is 18.6 Å². The molecule has 22 heavy (non-hydrogen) atoms. The van der Waals surface area contributed by atoms with Crippen LogP contribution >= 0.6 is 0 Å². The second kappa shape index (κ2) is 6.60. The van der Waals surface area contributed by atoms with Crippen LogP contribution in [0.2, 0.25) is 0 Å². The lowest BCUT2D eigenvalue weighted by Crippen LogP contribution is -2.30. The fourth-order valence-electron chi connectivity index (χ4n) is 1.68. The van der Waals surface area contributed by atoms with Crippen LogP contribution in [-0.4, -0.2) is 16.8 Å². The molecule has 7 heteroatoms. The summed E-state index contributed by atoms with van der Waals surface area (Å²) in [6.07, 6.45) is 0. The third-order valence-corrected chi connectivity index (χ3v) is 6.42. The third kappa shape index (κ3) is 4.16. The fraction of sp³-hybridized carbons (Fsp3) is 0.200. The second-order valence-electron chi connectivity index (χ2n) is 4.72. The second-order valence-corrected chi connectivity index (χ2v) is 8.34. The first-order chi connectivity index (χ1) is 9.71. The van der Waals surface area contributed by atoms with Gasteiger partial charge in [0.25, 0.3) is 20.0 Å². The van der Waals surface area contributed by atoms with E-state index in [4.69, 9.17) is 0 Å². The summed E-state index contributed by atoms with van der Waals surface area (Å²) >= 11 is 0. The van der Waals surface area contributed by atoms with Gasteiger partial charge in [-0.25, -0.2) is 16.8 Å². The summed E-state index contributed by atoms with van der Waals surface area (Å²) in [6, 6.07) is 11.9. The van der Waals surface area contributed by atoms with Gasteiger partial charge >= 0.3 is 0 Å². The Morgan fingerprint density at radius 1 is 0.636 bits per heavy atom. The Labute approximate surface area is 132 Å². The molecule has 0 fully saturated rings. The quantitative estimate of drug-likeness (QED) is 0.927. The van der Waals surface area contributed by atoms with Crippen LogP contribution in [0.5, 0.6) is 0 Å². The Balaban J connectivity index is 0.00000242. The van der Waals surface area contributed by atoms with E-state index in [0.29, 0.717) is 0 Å². The summed E-state index contributed by atoms with van der Waals surface area (Å²) in [5, 5.41) is 0. The number of hydrogen-bond donors (Lipinski definition) is 1. The summed E-state index contributed by atoms with van der Waals surface area (Å²) in [5.41, 5.74) is 1.77. The van der Waals surface area contributed by atoms with Crippen molar-refractivity contribution in [3.63, 3.8) is 0 Å². The van der Waals surface area contributed by atoms with E-state index in [-0.39, 0.29) is 17.2 Å². The summed E-state index contributed by atoms with van der Waals surface area (Å²) in [7, 11) is -8.26. The standard InChI is InChI=1S/C14H15NO4S2.CH4/c1-11-3-7-13(8-4-11)20(16,17)15-21(18,19)14-9-5-12(2)6-10-14;/h3-10,15H,1-2H3;1H4. The number of sulfonamides is 2. The summed E-state index contributed by atoms with van der Waals surface area (Å²) in [5.74, 6) is 0. The molecule has 0 aliphatic carbocycles. The van der Waals surface area contributed by atoms with E-state index in [9.17, 15) is 16.8 Å². The van der Waals surface area contributed by atoms with Crippen LogP contribution in [-0.2, 0) is 20.0 Å². The molecule has 0 spiro atoms. The lowest BCUT2D eigenvalue weighted by molar-refractivity contribution is 0.577. The van der Waals surface area contributed by atoms with Gasteiger partial charge < -0.3 is 0 Å². The van der Waals surface area contributed by atoms with Gasteiger partial charge in [0.05, 0.1) is 9.79 Å². The number of nitrogens with one attached hydrogen (secondary N) is 1. The van der Waals surface area contributed by atoms with Crippen molar-refractivity contribution in [3.8, 4) is 0 Å². The molecule has 1 N–H and O–H groups in total. The Morgan fingerprint density at radius 3 is 1.18 bits per heavy atom. The van der Waals surface area contributed by atoms with Crippen molar-refractivity contribution in [2.45, 2.75) is 31.1 Å². The molecule has 0 radical (unpaired) electrons. The van der Waals surface area contributed by atoms with Gasteiger partial charge in [-0.2, -0.15) is 0 Å². The minimum atomic E-state index is -4.13. The average Bonchev–Trinajstić information content (AvgIpc) is 2.38. The van der Waals surface area contributed by atoms with E-state index in [1.54, 1.807) is 28.4 Å². The predicted molar refractivity (Wildman–Crippen MR) is 86.6 cm³/mol. The van der Waals surface area contributed by atoms with E-state index in [0.717, 1.165) is 11.1 Å². The van der Waals surface area contributed by atoms with E-state index in [2.05, 4.69) is 0 Å². The van der Waals surface area contributed by atoms with Crippen LogP contribution < -0.4 is 4.13 Å². The smallest absolute Gasteiger partial charge is 0.206 e. The Hall–Kier alpha value is -1.70. The van der Waals surface area contributed by atoms with Crippen LogP contribution in [0.4, 0.5) is 0 Å². The van der Waals surface area contributed by atoms with Crippen molar-refractivity contribution in [1.82, 2.24) is 4.13 Å². The molecular formula is C15H19NO4S2. The molecule has 0 bridgehead atoms. The number of aryl methyl sites for hydroxylation is 2. The van der Waals surface area contributed by atoms with Crippen molar-refractivity contribution in [1.29, 1.82) is 0 Å². The van der Waals surface area contributed by atoms with Crippen LogP contribution in [0.15, 0.2) is 58.3 Å². The van der Waals surface area contributed by atoms with Crippen molar-refractivity contribution < 1.29 is 16.8 Å². The fourth-order valence-corrected chi connectivity index (χ4v) is 4.59. The topological polar surface area (TPSA) is 80.3 Å². The van der Waals surface area contributed by atoms with Crippen molar-refractivity contribution in [2.75, 3.05) is 0 Å². The first kappa shape index (κ1) is 18.3. The highest BCUT2D eigenvalue weighted by atomic mass is 32.3. The molecule has 0 aromatic heterocycles. The minimum absolute atomic E-state index is 0. The molecule has 2 aromatic rings. The SMILES string of the molecule is C.Cc1ccc(S(=O)(=O)NS(=O)(=O)c2ccc(C)cc2)cc1. The molecule has 0 aliphatic heterocycles. The van der Waals surface area contributed by atoms with E-state index >= 15 is 0 Å². The minimum Gasteiger partial charge on any atom is -0.206 e. The van der Waals surface area contributed by atoms with E-state index in [1.165, 1.54) is 24.3 Å². The van der Waals surface area contributed by atoms with Gasteiger partial charge in [0.15, 0.2) is 0 Å². The molecule has 0 heterocycles. The van der Waals surface area contributed by atoms with Gasteiger partial charge in [-0.1, -0.05) is 42.8 Å². The highest BCUT2D eigenvalue weighted by Gasteiger charge is 2.24. The van der Waals surface area contributed by atoms with Gasteiger partial charge in [0.1, 0.15) is 0 Å². The maximum absolute atomic E-state index is 12.1. The molecule has 2 rings (SSSR count). The highest BCUT2D eigenvalue weighted by Crippen LogP contribution is 2.15. The molecule has 0 unspecified atom stereocenters. The first-order valence-electron chi connectivity index (χ1n) is 6.13. The lowest BCUT2D eigenvalue weighted by Gasteiger charge is -2.08. The van der Waals surface area contributed by atoms with Gasteiger partial charge in [0, 0.05) is 0 Å². The maximum Gasteiger partial charge on any atom is 0.253 e. The van der Waals surface area contributed by atoms with Gasteiger partial charge in [-0.05, 0) is 38.1 Å². The molecule has 5 nitrogen and oxygen atoms in total. The van der Waals surface area contributed by atoms with Crippen molar-refractivity contribution in [2.24, 2.45) is 0 Å². The molecule has 0 saturated carbocycles. The zero-order valence-corrected chi connectivity index (χ0v) is 13.2. The van der Waals surface area contributed by atoms with Crippen LogP contribution in [0.25, 0.3) is 0 Å². The highest BCUT2D eigenvalue weighted by molar-refractivity contribution is 8.04. The van der Waals surface area contributed by atoms with Crippen molar-refractivity contribution >= 4 is 20.0 Å². The van der Waals surface area contributed by atoms with Gasteiger partial charge in [0.2, 0.25) is 0 Å². The molecule has 0 amide bonds. The van der Waals surface area contributed by atoms with E-state index < -0.39 is 20.0 Å². The monoisotopic (exact) mass is 341 g/mol. The summed E-state index contributed by atoms with van der Waals surface area (Å²) in [4.78, 5) is -0.187. The number of hydrogen-bond acceptors (Lipinski definition) is 4. The normalized spacial score (nSPS) is 11.7. The maximum atomic E-state index is 12.1. The Kier molecular flexibility index (Phi) is 5.50. The molecule has 2 aromatic carbocycles. The Bertz CT molecular complexity index is 764. The zero-order valence-electron chi connectivity index (χ0n) is 11.6. The summed E-state index contributed by atoms with van der Waals surface area (Å²) in [6.45, 7) is 3.62. The lowest BCUT2D eigenvalue weighted by atomic mass is 10.2. The van der Waals surface area contributed by atoms with E-state index in [1.807, 2.05) is 13.8 Å². The van der Waals surface area contributed by atoms with Crippen LogP contribution in [0.3, 0.4) is 0 Å². The molecular weight excluding hydrogens is 322 g/mol. The first-order valence-corrected chi connectivity index (χ1v) is 9.09. The zero-order chi connectivity index (χ0) is 15.7. The molecule has 120 valence electrons. The molecule has 0 aliphatic rings. The van der Waals surface area contributed by atoms with Gasteiger partial charge in [-0.3, -0.25) is 0 Å². The average molecular weight is 341 g/mol. The van der Waals surface area contributed by atoms with Gasteiger partial charge in [-0.15, -0.1) is 4.13 Å². The largest absolute Gasteiger partial charge is 0.253 e. The number of rotatable bonds is 4. The molecule has 0 atom stereocenters. The predicted octanol–water partition coefficient (Wildman–Crippen LogP) is 2.61. The number of benzene rings is 2. The Morgan fingerprint density at radius 2 is 0.909 bits per heavy atom. The third-order valence-electron chi connectivity index (χ3n) is 2.88.